The number of carbonyl (C=O) groups is 1. The third-order valence-corrected chi connectivity index (χ3v) is 3.02. The van der Waals surface area contributed by atoms with Crippen LogP contribution in [-0.4, -0.2) is 24.0 Å². The SMILES string of the molecule is NCCN1NC(=O)CC1c1ccccc1C(F)(F)F. The first-order chi connectivity index (χ1) is 8.93. The Bertz CT molecular complexity index is 476. The van der Waals surface area contributed by atoms with Crippen LogP contribution in [0, 0.1) is 0 Å². The Morgan fingerprint density at radius 2 is 2.05 bits per heavy atom. The summed E-state index contributed by atoms with van der Waals surface area (Å²) in [6.45, 7) is 0.563. The lowest BCUT2D eigenvalue weighted by atomic mass is 9.98. The Labute approximate surface area is 108 Å². The second-order valence-corrected chi connectivity index (χ2v) is 4.32. The van der Waals surface area contributed by atoms with Crippen molar-refractivity contribution in [1.29, 1.82) is 0 Å². The minimum absolute atomic E-state index is 0.00704. The Hall–Kier alpha value is -1.60. The van der Waals surface area contributed by atoms with E-state index in [0.717, 1.165) is 6.07 Å². The molecule has 0 spiro atoms. The van der Waals surface area contributed by atoms with Gasteiger partial charge in [-0.1, -0.05) is 18.2 Å². The van der Waals surface area contributed by atoms with Crippen LogP contribution in [-0.2, 0) is 11.0 Å². The molecule has 1 aliphatic heterocycles. The van der Waals surface area contributed by atoms with Crippen molar-refractivity contribution >= 4 is 5.91 Å². The summed E-state index contributed by atoms with van der Waals surface area (Å²) in [4.78, 5) is 11.4. The van der Waals surface area contributed by atoms with Crippen molar-refractivity contribution < 1.29 is 18.0 Å². The summed E-state index contributed by atoms with van der Waals surface area (Å²) in [7, 11) is 0. The van der Waals surface area contributed by atoms with Gasteiger partial charge in [-0.3, -0.25) is 10.2 Å². The average molecular weight is 273 g/mol. The number of hydrogen-bond donors (Lipinski definition) is 2. The van der Waals surface area contributed by atoms with Crippen molar-refractivity contribution in [2.75, 3.05) is 13.1 Å². The number of amides is 1. The first-order valence-electron chi connectivity index (χ1n) is 5.86. The minimum Gasteiger partial charge on any atom is -0.329 e. The van der Waals surface area contributed by atoms with Crippen molar-refractivity contribution in [1.82, 2.24) is 10.4 Å². The van der Waals surface area contributed by atoms with E-state index in [4.69, 9.17) is 5.73 Å². The Morgan fingerprint density at radius 1 is 1.37 bits per heavy atom. The normalized spacial score (nSPS) is 20.6. The highest BCUT2D eigenvalue weighted by molar-refractivity contribution is 5.78. The smallest absolute Gasteiger partial charge is 0.329 e. The molecule has 3 N–H and O–H groups in total. The molecule has 1 aromatic rings. The standard InChI is InChI=1S/C12H14F3N3O/c13-12(14,15)9-4-2-1-3-8(9)10-7-11(19)17-18(10)6-5-16/h1-4,10H,5-7,16H2,(H,17,19). The zero-order valence-corrected chi connectivity index (χ0v) is 10.1. The van der Waals surface area contributed by atoms with Gasteiger partial charge in [0.2, 0.25) is 5.91 Å². The number of nitrogens with one attached hydrogen (secondary N) is 1. The maximum absolute atomic E-state index is 13.0. The summed E-state index contributed by atoms with van der Waals surface area (Å²) in [5, 5.41) is 1.47. The Morgan fingerprint density at radius 3 is 2.68 bits per heavy atom. The third kappa shape index (κ3) is 2.87. The molecule has 1 atom stereocenters. The van der Waals surface area contributed by atoms with Gasteiger partial charge in [0.1, 0.15) is 0 Å². The molecule has 0 aliphatic carbocycles. The van der Waals surface area contributed by atoms with E-state index in [1.54, 1.807) is 0 Å². The minimum atomic E-state index is -4.43. The summed E-state index contributed by atoms with van der Waals surface area (Å²) in [5.74, 6) is -0.296. The lowest BCUT2D eigenvalue weighted by molar-refractivity contribution is -0.138. The molecule has 0 radical (unpaired) electrons. The van der Waals surface area contributed by atoms with E-state index in [2.05, 4.69) is 5.43 Å². The number of carbonyl (C=O) groups excluding carboxylic acids is 1. The van der Waals surface area contributed by atoms with Crippen LogP contribution in [0.5, 0.6) is 0 Å². The predicted octanol–water partition coefficient (Wildman–Crippen LogP) is 1.44. The number of hydrogen-bond acceptors (Lipinski definition) is 3. The van der Waals surface area contributed by atoms with Gasteiger partial charge in [0, 0.05) is 19.5 Å². The Balaban J connectivity index is 2.38. The molecule has 7 heteroatoms. The molecule has 1 heterocycles. The van der Waals surface area contributed by atoms with Gasteiger partial charge in [0.05, 0.1) is 11.6 Å². The number of halogens is 3. The topological polar surface area (TPSA) is 58.4 Å². The number of nitrogens with two attached hydrogens (primary N) is 1. The molecule has 1 saturated heterocycles. The van der Waals surface area contributed by atoms with Gasteiger partial charge in [-0.05, 0) is 11.6 Å². The van der Waals surface area contributed by atoms with Gasteiger partial charge in [-0.2, -0.15) is 13.2 Å². The summed E-state index contributed by atoms with van der Waals surface area (Å²) < 4.78 is 38.9. The number of rotatable bonds is 3. The van der Waals surface area contributed by atoms with Crippen molar-refractivity contribution in [2.45, 2.75) is 18.6 Å². The molecule has 0 aromatic heterocycles. The maximum Gasteiger partial charge on any atom is 0.416 e. The molecule has 0 saturated carbocycles. The number of benzene rings is 1. The fourth-order valence-electron chi connectivity index (χ4n) is 2.24. The zero-order chi connectivity index (χ0) is 14.0. The first kappa shape index (κ1) is 13.8. The highest BCUT2D eigenvalue weighted by atomic mass is 19.4. The average Bonchev–Trinajstić information content (AvgIpc) is 2.70. The van der Waals surface area contributed by atoms with Gasteiger partial charge in [0.15, 0.2) is 0 Å². The van der Waals surface area contributed by atoms with Crippen LogP contribution in [0.15, 0.2) is 24.3 Å². The molecule has 19 heavy (non-hydrogen) atoms. The monoisotopic (exact) mass is 273 g/mol. The third-order valence-electron chi connectivity index (χ3n) is 3.02. The summed E-state index contributed by atoms with van der Waals surface area (Å²) in [6.07, 6.45) is -4.43. The highest BCUT2D eigenvalue weighted by Gasteiger charge is 2.39. The maximum atomic E-state index is 13.0. The van der Waals surface area contributed by atoms with Crippen LogP contribution in [0.3, 0.4) is 0 Å². The van der Waals surface area contributed by atoms with E-state index < -0.39 is 17.8 Å². The quantitative estimate of drug-likeness (QED) is 0.876. The summed E-state index contributed by atoms with van der Waals surface area (Å²) in [6, 6.07) is 4.67. The predicted molar refractivity (Wildman–Crippen MR) is 62.7 cm³/mol. The van der Waals surface area contributed by atoms with E-state index in [0.29, 0.717) is 6.54 Å². The van der Waals surface area contributed by atoms with Gasteiger partial charge in [-0.25, -0.2) is 5.01 Å². The van der Waals surface area contributed by atoms with Crippen LogP contribution in [0.1, 0.15) is 23.6 Å². The van der Waals surface area contributed by atoms with Gasteiger partial charge >= 0.3 is 6.18 Å². The molecule has 1 amide bonds. The molecule has 2 rings (SSSR count). The molecular weight excluding hydrogens is 259 g/mol. The molecule has 4 nitrogen and oxygen atoms in total. The van der Waals surface area contributed by atoms with Crippen molar-refractivity contribution in [3.63, 3.8) is 0 Å². The van der Waals surface area contributed by atoms with Crippen LogP contribution >= 0.6 is 0 Å². The van der Waals surface area contributed by atoms with Crippen molar-refractivity contribution in [3.05, 3.63) is 35.4 Å². The van der Waals surface area contributed by atoms with Crippen LogP contribution in [0.4, 0.5) is 13.2 Å². The fourth-order valence-corrected chi connectivity index (χ4v) is 2.24. The van der Waals surface area contributed by atoms with Crippen LogP contribution in [0.2, 0.25) is 0 Å². The molecule has 1 aliphatic rings. The summed E-state index contributed by atoms with van der Waals surface area (Å²) in [5.41, 5.74) is 7.32. The largest absolute Gasteiger partial charge is 0.416 e. The lowest BCUT2D eigenvalue weighted by Gasteiger charge is -2.25. The van der Waals surface area contributed by atoms with Gasteiger partial charge in [0.25, 0.3) is 0 Å². The first-order valence-corrected chi connectivity index (χ1v) is 5.86. The van der Waals surface area contributed by atoms with Gasteiger partial charge < -0.3 is 5.73 Å². The van der Waals surface area contributed by atoms with E-state index in [9.17, 15) is 18.0 Å². The van der Waals surface area contributed by atoms with E-state index in [-0.39, 0.29) is 24.4 Å². The zero-order valence-electron chi connectivity index (χ0n) is 10.1. The lowest BCUT2D eigenvalue weighted by Crippen LogP contribution is -2.38. The van der Waals surface area contributed by atoms with Gasteiger partial charge in [-0.15, -0.1) is 0 Å². The van der Waals surface area contributed by atoms with Crippen molar-refractivity contribution in [3.8, 4) is 0 Å². The fraction of sp³-hybridized carbons (Fsp3) is 0.417. The number of hydrazine groups is 1. The van der Waals surface area contributed by atoms with E-state index >= 15 is 0 Å². The van der Waals surface area contributed by atoms with Crippen LogP contribution in [0.25, 0.3) is 0 Å². The number of nitrogens with zero attached hydrogens (tertiary/aromatic N) is 1. The van der Waals surface area contributed by atoms with E-state index in [1.807, 2.05) is 0 Å². The number of alkyl halides is 3. The molecule has 1 fully saturated rings. The molecule has 1 unspecified atom stereocenters. The second kappa shape index (κ2) is 5.18. The summed E-state index contributed by atoms with van der Waals surface area (Å²) >= 11 is 0. The molecule has 0 bridgehead atoms. The van der Waals surface area contributed by atoms with Crippen molar-refractivity contribution in [2.24, 2.45) is 5.73 Å². The molecular formula is C12H14F3N3O. The second-order valence-electron chi connectivity index (χ2n) is 4.32. The van der Waals surface area contributed by atoms with E-state index in [1.165, 1.54) is 23.2 Å². The Kier molecular flexibility index (Phi) is 3.77. The molecule has 1 aromatic carbocycles. The van der Waals surface area contributed by atoms with Crippen LogP contribution < -0.4 is 11.2 Å². The molecule has 104 valence electrons. The highest BCUT2D eigenvalue weighted by Crippen LogP contribution is 2.38.